The fourth-order valence-electron chi connectivity index (χ4n) is 2.49. The van der Waals surface area contributed by atoms with Crippen LogP contribution in [0.15, 0.2) is 18.2 Å². The summed E-state index contributed by atoms with van der Waals surface area (Å²) >= 11 is 0. The molecule has 98 valence electrons. The molecule has 1 aliphatic rings. The van der Waals surface area contributed by atoms with Crippen LogP contribution in [0.25, 0.3) is 0 Å². The zero-order valence-corrected chi connectivity index (χ0v) is 10.2. The molecular weight excluding hydrogens is 237 g/mol. The third kappa shape index (κ3) is 2.11. The molecule has 4 nitrogen and oxygen atoms in total. The van der Waals surface area contributed by atoms with E-state index < -0.39 is 11.5 Å². The van der Waals surface area contributed by atoms with Crippen LogP contribution < -0.4 is 5.32 Å². The second kappa shape index (κ2) is 5.04. The second-order valence-electron chi connectivity index (χ2n) is 4.43. The van der Waals surface area contributed by atoms with Gasteiger partial charge in [-0.05, 0) is 36.1 Å². The summed E-state index contributed by atoms with van der Waals surface area (Å²) in [5.74, 6) is -1.25. The molecule has 0 aliphatic heterocycles. The number of rotatable bonds is 5. The number of hydrogen-bond donors (Lipinski definition) is 2. The Morgan fingerprint density at radius 3 is 3.06 bits per heavy atom. The maximum Gasteiger partial charge on any atom is 0.328 e. The van der Waals surface area contributed by atoms with Crippen molar-refractivity contribution in [1.82, 2.24) is 5.32 Å². The molecular formula is C13H16FNO3. The summed E-state index contributed by atoms with van der Waals surface area (Å²) in [7, 11) is 1.56. The molecule has 0 bridgehead atoms. The van der Waals surface area contributed by atoms with Crippen LogP contribution in [0, 0.1) is 5.82 Å². The molecule has 0 radical (unpaired) electrons. The van der Waals surface area contributed by atoms with Gasteiger partial charge in [0.1, 0.15) is 11.4 Å². The van der Waals surface area contributed by atoms with E-state index in [1.807, 2.05) is 0 Å². The summed E-state index contributed by atoms with van der Waals surface area (Å²) in [6.45, 7) is 0.880. The Bertz CT molecular complexity index is 464. The number of aryl methyl sites for hydroxylation is 1. The van der Waals surface area contributed by atoms with Crippen LogP contribution in [0.2, 0.25) is 0 Å². The van der Waals surface area contributed by atoms with Crippen molar-refractivity contribution in [2.45, 2.75) is 18.4 Å². The van der Waals surface area contributed by atoms with Crippen LogP contribution >= 0.6 is 0 Å². The van der Waals surface area contributed by atoms with Gasteiger partial charge >= 0.3 is 5.97 Å². The second-order valence-corrected chi connectivity index (χ2v) is 4.43. The van der Waals surface area contributed by atoms with Crippen LogP contribution in [0.5, 0.6) is 0 Å². The fraction of sp³-hybridized carbons (Fsp3) is 0.462. The Morgan fingerprint density at radius 1 is 1.61 bits per heavy atom. The van der Waals surface area contributed by atoms with Crippen LogP contribution in [-0.2, 0) is 21.5 Å². The van der Waals surface area contributed by atoms with Gasteiger partial charge in [-0.15, -0.1) is 0 Å². The number of carbonyl (C=O) groups is 1. The summed E-state index contributed by atoms with van der Waals surface area (Å²) in [6, 6.07) is 4.28. The van der Waals surface area contributed by atoms with E-state index in [0.717, 1.165) is 5.56 Å². The number of hydrogen-bond acceptors (Lipinski definition) is 3. The van der Waals surface area contributed by atoms with Gasteiger partial charge in [-0.25, -0.2) is 9.18 Å². The van der Waals surface area contributed by atoms with Crippen molar-refractivity contribution in [3.8, 4) is 0 Å². The molecule has 0 fully saturated rings. The lowest BCUT2D eigenvalue weighted by Crippen LogP contribution is -2.48. The monoisotopic (exact) mass is 253 g/mol. The SMILES string of the molecule is COCCNC1(C(=O)O)CCc2cc(F)ccc21. The third-order valence-corrected chi connectivity index (χ3v) is 3.39. The largest absolute Gasteiger partial charge is 0.480 e. The number of benzene rings is 1. The molecule has 0 spiro atoms. The van der Waals surface area contributed by atoms with Crippen molar-refractivity contribution in [2.75, 3.05) is 20.3 Å². The van der Waals surface area contributed by atoms with Gasteiger partial charge in [0.2, 0.25) is 0 Å². The summed E-state index contributed by atoms with van der Waals surface area (Å²) in [6.07, 6.45) is 1.00. The van der Waals surface area contributed by atoms with E-state index >= 15 is 0 Å². The molecule has 1 aromatic carbocycles. The minimum Gasteiger partial charge on any atom is -0.480 e. The molecule has 18 heavy (non-hydrogen) atoms. The van der Waals surface area contributed by atoms with Gasteiger partial charge in [-0.1, -0.05) is 6.07 Å². The van der Waals surface area contributed by atoms with Crippen molar-refractivity contribution in [2.24, 2.45) is 0 Å². The Kier molecular flexibility index (Phi) is 3.63. The van der Waals surface area contributed by atoms with Crippen molar-refractivity contribution in [3.63, 3.8) is 0 Å². The van der Waals surface area contributed by atoms with Gasteiger partial charge in [0, 0.05) is 13.7 Å². The zero-order chi connectivity index (χ0) is 13.2. The third-order valence-electron chi connectivity index (χ3n) is 3.39. The standard InChI is InChI=1S/C13H16FNO3/c1-18-7-6-15-13(12(16)17)5-4-9-8-10(14)2-3-11(9)13/h2-3,8,15H,4-7H2,1H3,(H,16,17). The van der Waals surface area contributed by atoms with Crippen LogP contribution in [0.3, 0.4) is 0 Å². The summed E-state index contributed by atoms with van der Waals surface area (Å²) in [4.78, 5) is 11.6. The number of nitrogens with one attached hydrogen (secondary N) is 1. The van der Waals surface area contributed by atoms with Crippen molar-refractivity contribution in [3.05, 3.63) is 35.1 Å². The van der Waals surface area contributed by atoms with Gasteiger partial charge in [0.15, 0.2) is 0 Å². The minimum atomic E-state index is -1.11. The van der Waals surface area contributed by atoms with E-state index in [1.165, 1.54) is 12.1 Å². The number of methoxy groups -OCH3 is 1. The summed E-state index contributed by atoms with van der Waals surface area (Å²) < 4.78 is 18.1. The van der Waals surface area contributed by atoms with E-state index in [4.69, 9.17) is 4.74 Å². The number of halogens is 1. The van der Waals surface area contributed by atoms with E-state index in [-0.39, 0.29) is 5.82 Å². The lowest BCUT2D eigenvalue weighted by atomic mass is 9.92. The average molecular weight is 253 g/mol. The Morgan fingerprint density at radius 2 is 2.39 bits per heavy atom. The van der Waals surface area contributed by atoms with E-state index in [9.17, 15) is 14.3 Å². The highest BCUT2D eigenvalue weighted by molar-refractivity contribution is 5.82. The first kappa shape index (κ1) is 13.0. The molecule has 0 aromatic heterocycles. The molecule has 1 unspecified atom stereocenters. The topological polar surface area (TPSA) is 58.6 Å². The average Bonchev–Trinajstić information content (AvgIpc) is 2.69. The van der Waals surface area contributed by atoms with Crippen LogP contribution in [-0.4, -0.2) is 31.3 Å². The predicted molar refractivity (Wildman–Crippen MR) is 63.9 cm³/mol. The normalized spacial score (nSPS) is 21.9. The van der Waals surface area contributed by atoms with E-state index in [0.29, 0.717) is 31.6 Å². The minimum absolute atomic E-state index is 0.327. The van der Waals surface area contributed by atoms with Crippen molar-refractivity contribution < 1.29 is 19.0 Å². The smallest absolute Gasteiger partial charge is 0.328 e. The number of ether oxygens (including phenoxy) is 1. The highest BCUT2D eigenvalue weighted by atomic mass is 19.1. The quantitative estimate of drug-likeness (QED) is 0.776. The Balaban J connectivity index is 2.31. The Hall–Kier alpha value is -1.46. The number of carboxylic acids is 1. The van der Waals surface area contributed by atoms with Gasteiger partial charge in [-0.3, -0.25) is 5.32 Å². The number of carboxylic acid groups (broad SMARTS) is 1. The predicted octanol–water partition coefficient (Wildman–Crippen LogP) is 1.29. The van der Waals surface area contributed by atoms with Crippen LogP contribution in [0.1, 0.15) is 17.5 Å². The first-order valence-corrected chi connectivity index (χ1v) is 5.86. The molecule has 1 aliphatic carbocycles. The Labute approximate surface area is 105 Å². The molecule has 2 N–H and O–H groups in total. The zero-order valence-electron chi connectivity index (χ0n) is 10.2. The van der Waals surface area contributed by atoms with Gasteiger partial charge in [-0.2, -0.15) is 0 Å². The number of aliphatic carboxylic acids is 1. The van der Waals surface area contributed by atoms with Crippen LogP contribution in [0.4, 0.5) is 4.39 Å². The lowest BCUT2D eigenvalue weighted by Gasteiger charge is -2.27. The first-order chi connectivity index (χ1) is 8.60. The van der Waals surface area contributed by atoms with E-state index in [1.54, 1.807) is 13.2 Å². The van der Waals surface area contributed by atoms with Gasteiger partial charge in [0.05, 0.1) is 6.61 Å². The van der Waals surface area contributed by atoms with Gasteiger partial charge < -0.3 is 9.84 Å². The molecule has 0 heterocycles. The molecule has 2 rings (SSSR count). The van der Waals surface area contributed by atoms with Crippen molar-refractivity contribution >= 4 is 5.97 Å². The molecule has 5 heteroatoms. The summed E-state index contributed by atoms with van der Waals surface area (Å²) in [5, 5.41) is 12.5. The molecule has 0 amide bonds. The molecule has 1 atom stereocenters. The maximum atomic E-state index is 13.1. The van der Waals surface area contributed by atoms with E-state index in [2.05, 4.69) is 5.32 Å². The van der Waals surface area contributed by atoms with Gasteiger partial charge in [0.25, 0.3) is 0 Å². The highest BCUT2D eigenvalue weighted by Crippen LogP contribution is 2.37. The number of fused-ring (bicyclic) bond motifs is 1. The molecule has 1 aromatic rings. The summed E-state index contributed by atoms with van der Waals surface area (Å²) in [5.41, 5.74) is 0.316. The first-order valence-electron chi connectivity index (χ1n) is 5.86. The lowest BCUT2D eigenvalue weighted by molar-refractivity contribution is -0.145. The fourth-order valence-corrected chi connectivity index (χ4v) is 2.49. The van der Waals surface area contributed by atoms with Crippen molar-refractivity contribution in [1.29, 1.82) is 0 Å². The maximum absolute atomic E-state index is 13.1. The molecule has 0 saturated heterocycles. The molecule has 0 saturated carbocycles. The highest BCUT2D eigenvalue weighted by Gasteiger charge is 2.45.